The molecule has 2 N–H and O–H groups in total. The molecule has 16 heavy (non-hydrogen) atoms. The van der Waals surface area contributed by atoms with Gasteiger partial charge >= 0.3 is 0 Å². The van der Waals surface area contributed by atoms with Crippen LogP contribution >= 0.6 is 0 Å². The fraction of sp³-hybridized carbons (Fsp3) is 0.167. The maximum atomic E-state index is 9.79. The first-order chi connectivity index (χ1) is 7.74. The fourth-order valence-corrected chi connectivity index (χ4v) is 1.64. The molecule has 0 saturated carbocycles. The van der Waals surface area contributed by atoms with Gasteiger partial charge in [0.1, 0.15) is 6.10 Å². The first-order valence-electron chi connectivity index (χ1n) is 4.82. The molecular weight excluding hydrogens is 204 g/mol. The Kier molecular flexibility index (Phi) is 2.82. The van der Waals surface area contributed by atoms with Gasteiger partial charge in [0, 0.05) is 17.8 Å². The van der Waals surface area contributed by atoms with E-state index in [2.05, 4.69) is 4.98 Å². The minimum atomic E-state index is -1.43. The molecule has 0 saturated heterocycles. The molecule has 0 radical (unpaired) electrons. The van der Waals surface area contributed by atoms with Crippen molar-refractivity contribution in [3.8, 4) is 6.07 Å². The number of benzene rings is 1. The molecule has 2 atom stereocenters. The van der Waals surface area contributed by atoms with Gasteiger partial charge in [-0.1, -0.05) is 18.2 Å². The summed E-state index contributed by atoms with van der Waals surface area (Å²) in [5, 5.41) is 29.3. The molecule has 80 valence electrons. The van der Waals surface area contributed by atoms with Gasteiger partial charge in [-0.15, -0.1) is 0 Å². The van der Waals surface area contributed by atoms with E-state index >= 15 is 0 Å². The van der Waals surface area contributed by atoms with Gasteiger partial charge in [0.15, 0.2) is 6.10 Å². The Morgan fingerprint density at radius 2 is 2.06 bits per heavy atom. The normalized spacial score (nSPS) is 14.3. The van der Waals surface area contributed by atoms with Crippen LogP contribution in [0.15, 0.2) is 36.7 Å². The zero-order chi connectivity index (χ0) is 11.5. The van der Waals surface area contributed by atoms with E-state index in [0.29, 0.717) is 5.56 Å². The van der Waals surface area contributed by atoms with Crippen molar-refractivity contribution >= 4 is 10.8 Å². The minimum absolute atomic E-state index is 0.514. The van der Waals surface area contributed by atoms with Crippen LogP contribution in [-0.2, 0) is 0 Å². The van der Waals surface area contributed by atoms with Gasteiger partial charge in [-0.05, 0) is 17.0 Å². The van der Waals surface area contributed by atoms with E-state index in [0.717, 1.165) is 10.8 Å². The predicted molar refractivity (Wildman–Crippen MR) is 58.3 cm³/mol. The van der Waals surface area contributed by atoms with Crippen molar-refractivity contribution in [3.05, 3.63) is 42.2 Å². The van der Waals surface area contributed by atoms with Gasteiger partial charge in [0.2, 0.25) is 0 Å². The number of nitrogens with zero attached hydrogens (tertiary/aromatic N) is 2. The summed E-state index contributed by atoms with van der Waals surface area (Å²) < 4.78 is 0. The van der Waals surface area contributed by atoms with E-state index < -0.39 is 12.2 Å². The number of hydrogen-bond donors (Lipinski definition) is 2. The quantitative estimate of drug-likeness (QED) is 0.735. The molecule has 0 bridgehead atoms. The highest BCUT2D eigenvalue weighted by molar-refractivity contribution is 5.85. The Balaban J connectivity index is 2.57. The van der Waals surface area contributed by atoms with Crippen molar-refractivity contribution in [2.45, 2.75) is 12.2 Å². The maximum Gasteiger partial charge on any atom is 0.170 e. The van der Waals surface area contributed by atoms with Crippen molar-refractivity contribution in [1.82, 2.24) is 4.98 Å². The van der Waals surface area contributed by atoms with Crippen LogP contribution in [0.4, 0.5) is 0 Å². The molecule has 1 aromatic carbocycles. The zero-order valence-corrected chi connectivity index (χ0v) is 8.41. The lowest BCUT2D eigenvalue weighted by Crippen LogP contribution is -2.16. The molecule has 0 amide bonds. The smallest absolute Gasteiger partial charge is 0.170 e. The molecule has 0 aliphatic carbocycles. The summed E-state index contributed by atoms with van der Waals surface area (Å²) in [6, 6.07) is 8.75. The van der Waals surface area contributed by atoms with Gasteiger partial charge in [0.25, 0.3) is 0 Å². The minimum Gasteiger partial charge on any atom is -0.385 e. The molecule has 0 spiro atoms. The lowest BCUT2D eigenvalue weighted by molar-refractivity contribution is 0.0538. The van der Waals surface area contributed by atoms with Crippen LogP contribution in [-0.4, -0.2) is 21.3 Å². The van der Waals surface area contributed by atoms with E-state index in [9.17, 15) is 10.2 Å². The Labute approximate surface area is 92.4 Å². The lowest BCUT2D eigenvalue weighted by atomic mass is 9.99. The summed E-state index contributed by atoms with van der Waals surface area (Å²) in [6.45, 7) is 0. The van der Waals surface area contributed by atoms with E-state index in [4.69, 9.17) is 5.26 Å². The van der Waals surface area contributed by atoms with Gasteiger partial charge < -0.3 is 10.2 Å². The topological polar surface area (TPSA) is 77.1 Å². The molecule has 4 nitrogen and oxygen atoms in total. The third-order valence-electron chi connectivity index (χ3n) is 2.47. The number of hydrogen-bond acceptors (Lipinski definition) is 4. The summed E-state index contributed by atoms with van der Waals surface area (Å²) >= 11 is 0. The second-order valence-electron chi connectivity index (χ2n) is 3.46. The second-order valence-corrected chi connectivity index (χ2v) is 3.46. The number of fused-ring (bicyclic) bond motifs is 1. The number of aliphatic hydroxyl groups is 2. The summed E-state index contributed by atoms with van der Waals surface area (Å²) in [5.74, 6) is 0. The zero-order valence-electron chi connectivity index (χ0n) is 8.41. The Hall–Kier alpha value is -1.96. The molecule has 4 heteroatoms. The van der Waals surface area contributed by atoms with Gasteiger partial charge in [0.05, 0.1) is 6.07 Å². The summed E-state index contributed by atoms with van der Waals surface area (Å²) in [4.78, 5) is 3.97. The third-order valence-corrected chi connectivity index (χ3v) is 2.47. The van der Waals surface area contributed by atoms with Crippen LogP contribution in [0.2, 0.25) is 0 Å². The standard InChI is InChI=1S/C12H10N2O2/c13-6-11(15)12(16)9-3-1-2-8-4-5-14-7-10(8)9/h1-5,7,11-12,15-16H. The third kappa shape index (κ3) is 1.74. The van der Waals surface area contributed by atoms with Crippen LogP contribution < -0.4 is 0 Å². The SMILES string of the molecule is N#CC(O)C(O)c1cccc2ccncc12. The largest absolute Gasteiger partial charge is 0.385 e. The van der Waals surface area contributed by atoms with Crippen LogP contribution in [0.1, 0.15) is 11.7 Å². The summed E-state index contributed by atoms with van der Waals surface area (Å²) in [7, 11) is 0. The highest BCUT2D eigenvalue weighted by Gasteiger charge is 2.19. The van der Waals surface area contributed by atoms with E-state index in [1.807, 2.05) is 12.1 Å². The highest BCUT2D eigenvalue weighted by Crippen LogP contribution is 2.25. The average molecular weight is 214 g/mol. The van der Waals surface area contributed by atoms with Crippen LogP contribution in [0, 0.1) is 11.3 Å². The molecule has 1 heterocycles. The number of nitriles is 1. The summed E-state index contributed by atoms with van der Waals surface area (Å²) in [5.41, 5.74) is 0.514. The fourth-order valence-electron chi connectivity index (χ4n) is 1.64. The predicted octanol–water partition coefficient (Wildman–Crippen LogP) is 1.15. The number of aromatic nitrogens is 1. The van der Waals surface area contributed by atoms with Gasteiger partial charge in [-0.25, -0.2) is 0 Å². The van der Waals surface area contributed by atoms with Gasteiger partial charge in [-0.3, -0.25) is 4.98 Å². The molecule has 0 fully saturated rings. The molecule has 2 unspecified atom stereocenters. The van der Waals surface area contributed by atoms with Crippen molar-refractivity contribution < 1.29 is 10.2 Å². The number of pyridine rings is 1. The molecule has 1 aromatic heterocycles. The maximum absolute atomic E-state index is 9.79. The Morgan fingerprint density at radius 1 is 1.25 bits per heavy atom. The van der Waals surface area contributed by atoms with Crippen molar-refractivity contribution in [2.75, 3.05) is 0 Å². The van der Waals surface area contributed by atoms with Crippen LogP contribution in [0.3, 0.4) is 0 Å². The van der Waals surface area contributed by atoms with E-state index in [1.165, 1.54) is 0 Å². The molecule has 2 aromatic rings. The second kappa shape index (κ2) is 4.27. The van der Waals surface area contributed by atoms with Crippen LogP contribution in [0.5, 0.6) is 0 Å². The average Bonchev–Trinajstić information content (AvgIpc) is 2.36. The Morgan fingerprint density at radius 3 is 2.81 bits per heavy atom. The lowest BCUT2D eigenvalue weighted by Gasteiger charge is -2.14. The number of aliphatic hydroxyl groups excluding tert-OH is 2. The molecular formula is C12H10N2O2. The van der Waals surface area contributed by atoms with Crippen molar-refractivity contribution in [2.24, 2.45) is 0 Å². The van der Waals surface area contributed by atoms with Crippen molar-refractivity contribution in [3.63, 3.8) is 0 Å². The molecule has 0 aliphatic rings. The van der Waals surface area contributed by atoms with E-state index in [1.54, 1.807) is 30.6 Å². The van der Waals surface area contributed by atoms with Gasteiger partial charge in [-0.2, -0.15) is 5.26 Å². The number of rotatable bonds is 2. The highest BCUT2D eigenvalue weighted by atomic mass is 16.3. The first kappa shape index (κ1) is 10.6. The van der Waals surface area contributed by atoms with E-state index in [-0.39, 0.29) is 0 Å². The van der Waals surface area contributed by atoms with Crippen LogP contribution in [0.25, 0.3) is 10.8 Å². The van der Waals surface area contributed by atoms with Crippen molar-refractivity contribution in [1.29, 1.82) is 5.26 Å². The monoisotopic (exact) mass is 214 g/mol. The molecule has 2 rings (SSSR count). The molecule has 0 aliphatic heterocycles. The summed E-state index contributed by atoms with van der Waals surface area (Å²) in [6.07, 6.45) is 0.626. The first-order valence-corrected chi connectivity index (χ1v) is 4.82. The Bertz CT molecular complexity index is 543.